The van der Waals surface area contributed by atoms with E-state index in [-0.39, 0.29) is 12.2 Å². The van der Waals surface area contributed by atoms with Gasteiger partial charge < -0.3 is 15.5 Å². The largest absolute Gasteiger partial charge is 0.379 e. The van der Waals surface area contributed by atoms with Crippen molar-refractivity contribution >= 4 is 38.9 Å². The fourth-order valence-electron chi connectivity index (χ4n) is 3.48. The molecule has 0 bridgehead atoms. The molecule has 1 aliphatic rings. The van der Waals surface area contributed by atoms with Gasteiger partial charge in [-0.25, -0.2) is 12.8 Å². The quantitative estimate of drug-likeness (QED) is 0.517. The minimum atomic E-state index is -4.12. The number of halogens is 2. The normalized spacial score (nSPS) is 17.0. The number of amides is 2. The third kappa shape index (κ3) is 4.89. The molecule has 0 saturated heterocycles. The molecular weight excluding hydrogens is 485 g/mol. The first-order valence-electron chi connectivity index (χ1n) is 10.1. The zero-order valence-corrected chi connectivity index (χ0v) is 19.1. The van der Waals surface area contributed by atoms with Crippen LogP contribution in [0.1, 0.15) is 15.9 Å². The third-order valence-electron chi connectivity index (χ3n) is 5.16. The maximum Gasteiger partial charge on any atom is 0.286 e. The van der Waals surface area contributed by atoms with Gasteiger partial charge in [-0.1, -0.05) is 41.9 Å². The molecule has 1 atom stereocenters. The van der Waals surface area contributed by atoms with E-state index >= 15 is 0 Å². The summed E-state index contributed by atoms with van der Waals surface area (Å²) in [6.07, 6.45) is 0. The van der Waals surface area contributed by atoms with Crippen LogP contribution >= 0.6 is 11.6 Å². The lowest BCUT2D eigenvalue weighted by atomic mass is 10.1. The van der Waals surface area contributed by atoms with E-state index in [4.69, 9.17) is 22.2 Å². The summed E-state index contributed by atoms with van der Waals surface area (Å²) in [5.74, 6) is -3.13. The molecule has 11 heteroatoms. The highest BCUT2D eigenvalue weighted by Crippen LogP contribution is 2.34. The number of nitrogens with two attached hydrogens (primary N) is 1. The van der Waals surface area contributed by atoms with Crippen LogP contribution in [0.4, 0.5) is 10.1 Å². The van der Waals surface area contributed by atoms with E-state index in [1.54, 1.807) is 54.6 Å². The number of anilines is 1. The minimum absolute atomic E-state index is 0.0700. The summed E-state index contributed by atoms with van der Waals surface area (Å²) in [5, 5.41) is 0.477. The molecule has 0 aliphatic carbocycles. The summed E-state index contributed by atoms with van der Waals surface area (Å²) in [6, 6.07) is 15.2. The van der Waals surface area contributed by atoms with Gasteiger partial charge in [0.25, 0.3) is 5.91 Å². The van der Waals surface area contributed by atoms with Gasteiger partial charge in [0.05, 0.1) is 34.5 Å². The zero-order chi connectivity index (χ0) is 24.5. The molecule has 0 saturated carbocycles. The zero-order valence-electron chi connectivity index (χ0n) is 17.6. The second-order valence-corrected chi connectivity index (χ2v) is 10.0. The van der Waals surface area contributed by atoms with E-state index in [2.05, 4.69) is 5.48 Å². The SMILES string of the molecule is N[C@H]1CS(=O)(=O)c2cc(F)c(C(=O)NOc3ccccc3)cc2N(Cc2ccc(Cl)cc2)C1=O. The Bertz CT molecular complexity index is 1350. The fourth-order valence-corrected chi connectivity index (χ4v) is 5.17. The van der Waals surface area contributed by atoms with Crippen LogP contribution in [0.5, 0.6) is 5.75 Å². The van der Waals surface area contributed by atoms with Crippen molar-refractivity contribution in [1.82, 2.24) is 5.48 Å². The maximum absolute atomic E-state index is 14.9. The molecule has 0 unspecified atom stereocenters. The molecule has 1 aliphatic heterocycles. The van der Waals surface area contributed by atoms with Crippen LogP contribution in [-0.4, -0.2) is 32.0 Å². The van der Waals surface area contributed by atoms with Gasteiger partial charge in [0.2, 0.25) is 5.91 Å². The lowest BCUT2D eigenvalue weighted by Crippen LogP contribution is -2.45. The first-order chi connectivity index (χ1) is 16.2. The third-order valence-corrected chi connectivity index (χ3v) is 7.21. The fraction of sp³-hybridized carbons (Fsp3) is 0.130. The molecule has 2 amide bonds. The molecule has 3 aromatic rings. The van der Waals surface area contributed by atoms with Crippen LogP contribution in [0.25, 0.3) is 0 Å². The number of hydroxylamine groups is 1. The van der Waals surface area contributed by atoms with Crippen molar-refractivity contribution in [3.8, 4) is 5.75 Å². The van der Waals surface area contributed by atoms with E-state index in [0.29, 0.717) is 16.3 Å². The molecule has 0 fully saturated rings. The van der Waals surface area contributed by atoms with Gasteiger partial charge in [0.1, 0.15) is 5.82 Å². The van der Waals surface area contributed by atoms with Gasteiger partial charge in [-0.3, -0.25) is 9.59 Å². The van der Waals surface area contributed by atoms with E-state index in [0.717, 1.165) is 17.0 Å². The van der Waals surface area contributed by atoms with E-state index in [9.17, 15) is 22.4 Å². The van der Waals surface area contributed by atoms with E-state index < -0.39 is 49.7 Å². The first-order valence-corrected chi connectivity index (χ1v) is 12.1. The Morgan fingerprint density at radius 1 is 1.15 bits per heavy atom. The highest BCUT2D eigenvalue weighted by Gasteiger charge is 2.37. The Morgan fingerprint density at radius 2 is 1.82 bits per heavy atom. The predicted octanol–water partition coefficient (Wildman–Crippen LogP) is 2.85. The monoisotopic (exact) mass is 503 g/mol. The van der Waals surface area contributed by atoms with Crippen LogP contribution in [0, 0.1) is 5.82 Å². The minimum Gasteiger partial charge on any atom is -0.379 e. The Hall–Kier alpha value is -3.47. The van der Waals surface area contributed by atoms with Gasteiger partial charge in [-0.15, -0.1) is 0 Å². The lowest BCUT2D eigenvalue weighted by molar-refractivity contribution is -0.119. The van der Waals surface area contributed by atoms with Crippen molar-refractivity contribution in [3.63, 3.8) is 0 Å². The summed E-state index contributed by atoms with van der Waals surface area (Å²) in [5.41, 5.74) is 7.95. The van der Waals surface area contributed by atoms with E-state index in [1.807, 2.05) is 0 Å². The summed E-state index contributed by atoms with van der Waals surface area (Å²) in [4.78, 5) is 31.5. The predicted molar refractivity (Wildman–Crippen MR) is 124 cm³/mol. The average Bonchev–Trinajstić information content (AvgIpc) is 2.87. The topological polar surface area (TPSA) is 119 Å². The summed E-state index contributed by atoms with van der Waals surface area (Å²) in [6.45, 7) is -0.0700. The molecule has 0 spiro atoms. The smallest absolute Gasteiger partial charge is 0.286 e. The van der Waals surface area contributed by atoms with Crippen LogP contribution in [0.2, 0.25) is 5.02 Å². The lowest BCUT2D eigenvalue weighted by Gasteiger charge is -2.25. The van der Waals surface area contributed by atoms with Gasteiger partial charge in [0, 0.05) is 5.02 Å². The number of rotatable bonds is 5. The standard InChI is InChI=1S/C23H19ClFN3O5S/c24-15-8-6-14(7-9-15)12-28-20-10-17(22(29)27-33-16-4-2-1-3-5-16)18(25)11-21(20)34(31,32)13-19(26)23(28)30/h1-11,19H,12-13,26H2,(H,27,29)/t19-/m0/s1. The number of carbonyl (C=O) groups is 2. The Labute approximate surface area is 199 Å². The second kappa shape index (κ2) is 9.41. The average molecular weight is 504 g/mol. The van der Waals surface area contributed by atoms with Crippen LogP contribution in [0.3, 0.4) is 0 Å². The molecule has 3 N–H and O–H groups in total. The molecule has 34 heavy (non-hydrogen) atoms. The van der Waals surface area contributed by atoms with Gasteiger partial charge in [-0.05, 0) is 42.0 Å². The molecule has 4 rings (SSSR count). The summed E-state index contributed by atoms with van der Waals surface area (Å²) < 4.78 is 40.6. The number of fused-ring (bicyclic) bond motifs is 1. The number of hydrogen-bond donors (Lipinski definition) is 2. The van der Waals surface area contributed by atoms with Gasteiger partial charge in [-0.2, -0.15) is 5.48 Å². The Kier molecular flexibility index (Phi) is 6.56. The molecule has 3 aromatic carbocycles. The highest BCUT2D eigenvalue weighted by atomic mass is 35.5. The summed E-state index contributed by atoms with van der Waals surface area (Å²) >= 11 is 5.92. The molecular formula is C23H19ClFN3O5S. The molecule has 1 heterocycles. The number of para-hydroxylation sites is 1. The number of benzene rings is 3. The van der Waals surface area contributed by atoms with Crippen LogP contribution < -0.4 is 21.0 Å². The van der Waals surface area contributed by atoms with Gasteiger partial charge in [0.15, 0.2) is 15.6 Å². The number of nitrogens with zero attached hydrogens (tertiary/aromatic N) is 1. The van der Waals surface area contributed by atoms with Crippen molar-refractivity contribution in [1.29, 1.82) is 0 Å². The maximum atomic E-state index is 14.9. The first kappa shape index (κ1) is 23.7. The van der Waals surface area contributed by atoms with Crippen molar-refractivity contribution in [2.75, 3.05) is 10.7 Å². The molecule has 0 aromatic heterocycles. The number of sulfone groups is 1. The van der Waals surface area contributed by atoms with Crippen LogP contribution in [0.15, 0.2) is 71.6 Å². The van der Waals surface area contributed by atoms with Crippen molar-refractivity contribution in [2.24, 2.45) is 5.73 Å². The van der Waals surface area contributed by atoms with E-state index in [1.165, 1.54) is 0 Å². The number of nitrogens with one attached hydrogen (secondary N) is 1. The molecule has 176 valence electrons. The molecule has 8 nitrogen and oxygen atoms in total. The molecule has 0 radical (unpaired) electrons. The number of carbonyl (C=O) groups excluding carboxylic acids is 2. The van der Waals surface area contributed by atoms with Crippen molar-refractivity contribution < 1.29 is 27.2 Å². The van der Waals surface area contributed by atoms with Crippen LogP contribution in [-0.2, 0) is 21.2 Å². The second-order valence-electron chi connectivity index (χ2n) is 7.58. The summed E-state index contributed by atoms with van der Waals surface area (Å²) in [7, 11) is -4.12. The highest BCUT2D eigenvalue weighted by molar-refractivity contribution is 7.91. The number of hydrogen-bond acceptors (Lipinski definition) is 6. The Morgan fingerprint density at radius 3 is 2.50 bits per heavy atom. The van der Waals surface area contributed by atoms with Crippen molar-refractivity contribution in [3.05, 3.63) is 88.7 Å². The van der Waals surface area contributed by atoms with Crippen molar-refractivity contribution in [2.45, 2.75) is 17.5 Å². The Balaban J connectivity index is 1.75. The van der Waals surface area contributed by atoms with Gasteiger partial charge >= 0.3 is 0 Å².